The standard InChI is InChI=1S/C21H23FN2O4/c1-27-16-7-8-17(18(13-16)28-2)24-20(26)21(10-11-21)19(25)23-12-9-14-3-5-15(22)6-4-14/h3-8,13H,9-12H2,1-2H3,(H,23,25)(H,24,26). The summed E-state index contributed by atoms with van der Waals surface area (Å²) in [6, 6.07) is 11.2. The molecule has 2 aromatic carbocycles. The molecule has 28 heavy (non-hydrogen) atoms. The zero-order valence-corrected chi connectivity index (χ0v) is 15.9. The molecule has 1 fully saturated rings. The molecule has 0 atom stereocenters. The molecule has 0 saturated heterocycles. The summed E-state index contributed by atoms with van der Waals surface area (Å²) in [5, 5.41) is 5.61. The highest BCUT2D eigenvalue weighted by atomic mass is 19.1. The second kappa shape index (κ2) is 8.29. The van der Waals surface area contributed by atoms with Gasteiger partial charge >= 0.3 is 0 Å². The molecule has 1 aliphatic rings. The van der Waals surface area contributed by atoms with Gasteiger partial charge in [0.25, 0.3) is 0 Å². The lowest BCUT2D eigenvalue weighted by Gasteiger charge is -2.17. The average Bonchev–Trinajstić information content (AvgIpc) is 3.52. The summed E-state index contributed by atoms with van der Waals surface area (Å²) in [4.78, 5) is 25.3. The van der Waals surface area contributed by atoms with Crippen molar-refractivity contribution in [1.82, 2.24) is 5.32 Å². The molecule has 0 spiro atoms. The second-order valence-corrected chi connectivity index (χ2v) is 6.73. The number of amides is 2. The van der Waals surface area contributed by atoms with Crippen LogP contribution >= 0.6 is 0 Å². The molecule has 6 nitrogen and oxygen atoms in total. The third kappa shape index (κ3) is 4.24. The molecular weight excluding hydrogens is 363 g/mol. The lowest BCUT2D eigenvalue weighted by molar-refractivity contribution is -0.134. The summed E-state index contributed by atoms with van der Waals surface area (Å²) in [6.07, 6.45) is 1.56. The number of benzene rings is 2. The van der Waals surface area contributed by atoms with Crippen LogP contribution in [0.1, 0.15) is 18.4 Å². The van der Waals surface area contributed by atoms with E-state index in [0.29, 0.717) is 43.0 Å². The largest absolute Gasteiger partial charge is 0.497 e. The van der Waals surface area contributed by atoms with E-state index in [4.69, 9.17) is 9.47 Å². The van der Waals surface area contributed by atoms with Gasteiger partial charge < -0.3 is 20.1 Å². The van der Waals surface area contributed by atoms with E-state index in [1.54, 1.807) is 37.4 Å². The monoisotopic (exact) mass is 386 g/mol. The number of rotatable bonds is 8. The summed E-state index contributed by atoms with van der Waals surface area (Å²) >= 11 is 0. The van der Waals surface area contributed by atoms with E-state index in [1.807, 2.05) is 0 Å². The van der Waals surface area contributed by atoms with Crippen molar-refractivity contribution < 1.29 is 23.5 Å². The Morgan fingerprint density at radius 1 is 1.04 bits per heavy atom. The number of carbonyl (C=O) groups is 2. The van der Waals surface area contributed by atoms with E-state index >= 15 is 0 Å². The molecule has 2 N–H and O–H groups in total. The van der Waals surface area contributed by atoms with E-state index in [0.717, 1.165) is 5.56 Å². The van der Waals surface area contributed by atoms with Crippen LogP contribution in [-0.4, -0.2) is 32.6 Å². The predicted octanol–water partition coefficient (Wildman–Crippen LogP) is 2.92. The molecule has 1 saturated carbocycles. The third-order valence-electron chi connectivity index (χ3n) is 4.89. The van der Waals surface area contributed by atoms with Gasteiger partial charge in [0, 0.05) is 12.6 Å². The van der Waals surface area contributed by atoms with Gasteiger partial charge in [-0.2, -0.15) is 0 Å². The number of methoxy groups -OCH3 is 2. The Labute approximate surface area is 163 Å². The van der Waals surface area contributed by atoms with Crippen LogP contribution in [0.25, 0.3) is 0 Å². The lowest BCUT2D eigenvalue weighted by Crippen LogP contribution is -2.40. The van der Waals surface area contributed by atoms with Gasteiger partial charge in [-0.15, -0.1) is 0 Å². The normalized spacial score (nSPS) is 14.1. The van der Waals surface area contributed by atoms with Crippen molar-refractivity contribution in [3.8, 4) is 11.5 Å². The minimum Gasteiger partial charge on any atom is -0.497 e. The number of nitrogens with one attached hydrogen (secondary N) is 2. The molecule has 0 bridgehead atoms. The third-order valence-corrected chi connectivity index (χ3v) is 4.89. The van der Waals surface area contributed by atoms with Crippen LogP contribution in [0.15, 0.2) is 42.5 Å². The van der Waals surface area contributed by atoms with Gasteiger partial charge in [0.05, 0.1) is 19.9 Å². The molecule has 2 aromatic rings. The van der Waals surface area contributed by atoms with E-state index < -0.39 is 5.41 Å². The SMILES string of the molecule is COc1ccc(NC(=O)C2(C(=O)NCCc3ccc(F)cc3)CC2)c(OC)c1. The van der Waals surface area contributed by atoms with Crippen LogP contribution in [-0.2, 0) is 16.0 Å². The number of carbonyl (C=O) groups excluding carboxylic acids is 2. The van der Waals surface area contributed by atoms with Crippen LogP contribution in [0.2, 0.25) is 0 Å². The maximum atomic E-state index is 12.9. The highest BCUT2D eigenvalue weighted by Gasteiger charge is 2.56. The summed E-state index contributed by atoms with van der Waals surface area (Å²) < 4.78 is 23.4. The minimum atomic E-state index is -1.05. The maximum absolute atomic E-state index is 12.9. The minimum absolute atomic E-state index is 0.292. The summed E-state index contributed by atoms with van der Waals surface area (Å²) in [7, 11) is 3.04. The smallest absolute Gasteiger partial charge is 0.240 e. The van der Waals surface area contributed by atoms with Gasteiger partial charge in [0.2, 0.25) is 11.8 Å². The molecular formula is C21H23FN2O4. The van der Waals surface area contributed by atoms with Gasteiger partial charge in [0.15, 0.2) is 0 Å². The zero-order valence-electron chi connectivity index (χ0n) is 15.9. The van der Waals surface area contributed by atoms with Crippen molar-refractivity contribution in [2.24, 2.45) is 5.41 Å². The number of halogens is 1. The van der Waals surface area contributed by atoms with Crippen LogP contribution in [0.4, 0.5) is 10.1 Å². The summed E-state index contributed by atoms with van der Waals surface area (Å²) in [5.74, 6) is 0.125. The second-order valence-electron chi connectivity index (χ2n) is 6.73. The Morgan fingerprint density at radius 3 is 2.36 bits per heavy atom. The first-order valence-corrected chi connectivity index (χ1v) is 9.05. The molecule has 2 amide bonds. The molecule has 1 aliphatic carbocycles. The Morgan fingerprint density at radius 2 is 1.75 bits per heavy atom. The van der Waals surface area contributed by atoms with Gasteiger partial charge in [-0.3, -0.25) is 9.59 Å². The molecule has 0 unspecified atom stereocenters. The van der Waals surface area contributed by atoms with E-state index in [9.17, 15) is 14.0 Å². The van der Waals surface area contributed by atoms with Crippen LogP contribution < -0.4 is 20.1 Å². The fraction of sp³-hybridized carbons (Fsp3) is 0.333. The molecule has 0 aromatic heterocycles. The number of hydrogen-bond donors (Lipinski definition) is 2. The molecule has 0 heterocycles. The number of ether oxygens (including phenoxy) is 2. The Hall–Kier alpha value is -3.09. The molecule has 148 valence electrons. The number of anilines is 1. The first kappa shape index (κ1) is 19.7. The zero-order chi connectivity index (χ0) is 20.1. The fourth-order valence-corrected chi connectivity index (χ4v) is 2.97. The Bertz CT molecular complexity index is 863. The highest BCUT2D eigenvalue weighted by molar-refractivity contribution is 6.13. The predicted molar refractivity (Wildman–Crippen MR) is 103 cm³/mol. The van der Waals surface area contributed by atoms with Gasteiger partial charge in [-0.1, -0.05) is 12.1 Å². The number of hydrogen-bond acceptors (Lipinski definition) is 4. The van der Waals surface area contributed by atoms with Crippen LogP contribution in [0.5, 0.6) is 11.5 Å². The van der Waals surface area contributed by atoms with E-state index in [-0.39, 0.29) is 17.6 Å². The van der Waals surface area contributed by atoms with Gasteiger partial charge in [0.1, 0.15) is 22.7 Å². The lowest BCUT2D eigenvalue weighted by atomic mass is 10.0. The molecule has 0 aliphatic heterocycles. The summed E-state index contributed by atoms with van der Waals surface area (Å²) in [5.41, 5.74) is 0.353. The first-order valence-electron chi connectivity index (χ1n) is 9.05. The van der Waals surface area contributed by atoms with Crippen molar-refractivity contribution in [2.75, 3.05) is 26.1 Å². The molecule has 3 rings (SSSR count). The van der Waals surface area contributed by atoms with Crippen molar-refractivity contribution in [1.29, 1.82) is 0 Å². The van der Waals surface area contributed by atoms with E-state index in [2.05, 4.69) is 10.6 Å². The van der Waals surface area contributed by atoms with E-state index in [1.165, 1.54) is 19.2 Å². The molecule has 0 radical (unpaired) electrons. The van der Waals surface area contributed by atoms with Gasteiger partial charge in [-0.25, -0.2) is 4.39 Å². The van der Waals surface area contributed by atoms with Crippen molar-refractivity contribution in [3.05, 3.63) is 53.8 Å². The van der Waals surface area contributed by atoms with Crippen molar-refractivity contribution >= 4 is 17.5 Å². The molecule has 7 heteroatoms. The maximum Gasteiger partial charge on any atom is 0.240 e. The quantitative estimate of drug-likeness (QED) is 0.684. The highest BCUT2D eigenvalue weighted by Crippen LogP contribution is 2.47. The van der Waals surface area contributed by atoms with Gasteiger partial charge in [-0.05, 0) is 49.1 Å². The van der Waals surface area contributed by atoms with Crippen LogP contribution in [0, 0.1) is 11.2 Å². The Kier molecular flexibility index (Phi) is 5.82. The average molecular weight is 386 g/mol. The van der Waals surface area contributed by atoms with Crippen molar-refractivity contribution in [2.45, 2.75) is 19.3 Å². The Balaban J connectivity index is 1.58. The summed E-state index contributed by atoms with van der Waals surface area (Å²) in [6.45, 7) is 0.380. The van der Waals surface area contributed by atoms with Crippen LogP contribution in [0.3, 0.4) is 0 Å². The fourth-order valence-electron chi connectivity index (χ4n) is 2.97. The van der Waals surface area contributed by atoms with Crippen molar-refractivity contribution in [3.63, 3.8) is 0 Å². The first-order chi connectivity index (χ1) is 13.5. The topological polar surface area (TPSA) is 76.7 Å².